The van der Waals surface area contributed by atoms with Crippen LogP contribution in [0.5, 0.6) is 0 Å². The summed E-state index contributed by atoms with van der Waals surface area (Å²) in [7, 11) is 0. The molecule has 1 aromatic carbocycles. The number of benzene rings is 1. The fraction of sp³-hybridized carbons (Fsp3) is 0.400. The van der Waals surface area contributed by atoms with Crippen molar-refractivity contribution in [1.82, 2.24) is 9.47 Å². The van der Waals surface area contributed by atoms with E-state index in [-0.39, 0.29) is 0 Å². The summed E-state index contributed by atoms with van der Waals surface area (Å²) in [6.07, 6.45) is 3.12. The van der Waals surface area contributed by atoms with Gasteiger partial charge in [-0.15, -0.1) is 0 Å². The maximum Gasteiger partial charge on any atom is 0.407 e. The van der Waals surface area contributed by atoms with E-state index < -0.39 is 6.09 Å². The van der Waals surface area contributed by atoms with Gasteiger partial charge >= 0.3 is 6.09 Å². The van der Waals surface area contributed by atoms with E-state index in [1.54, 1.807) is 0 Å². The molecule has 19 heavy (non-hydrogen) atoms. The zero-order valence-corrected chi connectivity index (χ0v) is 11.0. The van der Waals surface area contributed by atoms with Crippen molar-refractivity contribution >= 4 is 17.0 Å². The second-order valence-electron chi connectivity index (χ2n) is 5.29. The molecule has 4 heteroatoms. The summed E-state index contributed by atoms with van der Waals surface area (Å²) in [6, 6.07) is 9.04. The topological polar surface area (TPSA) is 45.5 Å². The van der Waals surface area contributed by atoms with Crippen LogP contribution in [0.1, 0.15) is 24.4 Å². The van der Waals surface area contributed by atoms with Crippen molar-refractivity contribution in [2.75, 3.05) is 13.1 Å². The first kappa shape index (κ1) is 12.1. The van der Waals surface area contributed by atoms with Crippen LogP contribution in [0.3, 0.4) is 0 Å². The number of amides is 1. The maximum atomic E-state index is 10.9. The van der Waals surface area contributed by atoms with Gasteiger partial charge in [-0.3, -0.25) is 0 Å². The number of carbonyl (C=O) groups is 1. The molecule has 1 fully saturated rings. The molecule has 1 aliphatic heterocycles. The Balaban J connectivity index is 1.84. The van der Waals surface area contributed by atoms with Crippen LogP contribution in [0.15, 0.2) is 30.5 Å². The standard InChI is InChI=1S/C15H18N2O2/c1-11-2-3-14-12(10-11)4-9-17(14)13-5-7-16(8-6-13)15(18)19/h2-4,9-10,13H,5-8H2,1H3,(H,18,19). The quantitative estimate of drug-likeness (QED) is 0.853. The van der Waals surface area contributed by atoms with Crippen LogP contribution >= 0.6 is 0 Å². The lowest BCUT2D eigenvalue weighted by Crippen LogP contribution is -2.37. The maximum absolute atomic E-state index is 10.9. The van der Waals surface area contributed by atoms with Gasteiger partial charge in [0, 0.05) is 30.8 Å². The van der Waals surface area contributed by atoms with E-state index in [2.05, 4.69) is 42.0 Å². The molecule has 0 aliphatic carbocycles. The van der Waals surface area contributed by atoms with E-state index >= 15 is 0 Å². The molecular formula is C15H18N2O2. The summed E-state index contributed by atoms with van der Waals surface area (Å²) in [5.74, 6) is 0. The molecule has 1 aromatic heterocycles. The van der Waals surface area contributed by atoms with Crippen molar-refractivity contribution < 1.29 is 9.90 Å². The molecule has 0 bridgehead atoms. The molecule has 3 rings (SSSR count). The lowest BCUT2D eigenvalue weighted by atomic mass is 10.0. The molecule has 0 unspecified atom stereocenters. The molecule has 0 spiro atoms. The Morgan fingerprint density at radius 2 is 2.00 bits per heavy atom. The molecular weight excluding hydrogens is 240 g/mol. The molecule has 1 aliphatic rings. The van der Waals surface area contributed by atoms with Gasteiger partial charge < -0.3 is 14.6 Å². The Morgan fingerprint density at radius 3 is 2.68 bits per heavy atom. The number of likely N-dealkylation sites (tertiary alicyclic amines) is 1. The summed E-state index contributed by atoms with van der Waals surface area (Å²) in [5.41, 5.74) is 2.52. The molecule has 1 amide bonds. The number of aromatic nitrogens is 1. The fourth-order valence-corrected chi connectivity index (χ4v) is 2.94. The Hall–Kier alpha value is -1.97. The van der Waals surface area contributed by atoms with Gasteiger partial charge in [-0.2, -0.15) is 0 Å². The lowest BCUT2D eigenvalue weighted by Gasteiger charge is -2.31. The Labute approximate surface area is 112 Å². The molecule has 0 atom stereocenters. The highest BCUT2D eigenvalue weighted by Crippen LogP contribution is 2.28. The number of hydrogen-bond donors (Lipinski definition) is 1. The molecule has 0 saturated carbocycles. The normalized spacial score (nSPS) is 17.0. The smallest absolute Gasteiger partial charge is 0.407 e. The van der Waals surface area contributed by atoms with E-state index in [0.29, 0.717) is 19.1 Å². The minimum Gasteiger partial charge on any atom is -0.465 e. The van der Waals surface area contributed by atoms with Crippen LogP contribution in [-0.2, 0) is 0 Å². The molecule has 1 N–H and O–H groups in total. The van der Waals surface area contributed by atoms with E-state index in [9.17, 15) is 4.79 Å². The van der Waals surface area contributed by atoms with Crippen LogP contribution in [-0.4, -0.2) is 33.8 Å². The van der Waals surface area contributed by atoms with Crippen LogP contribution < -0.4 is 0 Å². The minimum atomic E-state index is -0.800. The van der Waals surface area contributed by atoms with Crippen molar-refractivity contribution in [3.8, 4) is 0 Å². The van der Waals surface area contributed by atoms with E-state index in [4.69, 9.17) is 5.11 Å². The third-order valence-electron chi connectivity index (χ3n) is 4.00. The summed E-state index contributed by atoms with van der Waals surface area (Å²) in [6.45, 7) is 3.36. The zero-order valence-electron chi connectivity index (χ0n) is 11.0. The number of fused-ring (bicyclic) bond motifs is 1. The highest BCUT2D eigenvalue weighted by Gasteiger charge is 2.23. The van der Waals surface area contributed by atoms with Crippen LogP contribution in [0, 0.1) is 6.92 Å². The monoisotopic (exact) mass is 258 g/mol. The van der Waals surface area contributed by atoms with Gasteiger partial charge in [0.15, 0.2) is 0 Å². The predicted octanol–water partition coefficient (Wildman–Crippen LogP) is 3.26. The van der Waals surface area contributed by atoms with Crippen molar-refractivity contribution in [3.05, 3.63) is 36.0 Å². The second-order valence-corrected chi connectivity index (χ2v) is 5.29. The predicted molar refractivity (Wildman–Crippen MR) is 74.5 cm³/mol. The summed E-state index contributed by atoms with van der Waals surface area (Å²) >= 11 is 0. The van der Waals surface area contributed by atoms with Gasteiger partial charge in [-0.25, -0.2) is 4.79 Å². The van der Waals surface area contributed by atoms with Gasteiger partial charge in [0.2, 0.25) is 0 Å². The largest absolute Gasteiger partial charge is 0.465 e. The fourth-order valence-electron chi connectivity index (χ4n) is 2.94. The van der Waals surface area contributed by atoms with Crippen molar-refractivity contribution in [1.29, 1.82) is 0 Å². The van der Waals surface area contributed by atoms with E-state index in [1.165, 1.54) is 21.4 Å². The first-order valence-electron chi connectivity index (χ1n) is 6.70. The van der Waals surface area contributed by atoms with Gasteiger partial charge in [0.25, 0.3) is 0 Å². The molecule has 2 heterocycles. The van der Waals surface area contributed by atoms with Gasteiger partial charge in [0.05, 0.1) is 0 Å². The van der Waals surface area contributed by atoms with Crippen molar-refractivity contribution in [3.63, 3.8) is 0 Å². The number of hydrogen-bond acceptors (Lipinski definition) is 1. The molecule has 1 saturated heterocycles. The van der Waals surface area contributed by atoms with Gasteiger partial charge in [-0.1, -0.05) is 11.6 Å². The van der Waals surface area contributed by atoms with Crippen molar-refractivity contribution in [2.24, 2.45) is 0 Å². The van der Waals surface area contributed by atoms with Crippen molar-refractivity contribution in [2.45, 2.75) is 25.8 Å². The average molecular weight is 258 g/mol. The first-order chi connectivity index (χ1) is 9.15. The number of aryl methyl sites for hydroxylation is 1. The van der Waals surface area contributed by atoms with Crippen LogP contribution in [0.2, 0.25) is 0 Å². The summed E-state index contributed by atoms with van der Waals surface area (Å²) in [4.78, 5) is 12.4. The Kier molecular flexibility index (Phi) is 2.93. The van der Waals surface area contributed by atoms with Gasteiger partial charge in [-0.05, 0) is 43.4 Å². The Morgan fingerprint density at radius 1 is 1.26 bits per heavy atom. The van der Waals surface area contributed by atoms with Crippen LogP contribution in [0.4, 0.5) is 4.79 Å². The summed E-state index contributed by atoms with van der Waals surface area (Å²) < 4.78 is 2.30. The summed E-state index contributed by atoms with van der Waals surface area (Å²) in [5, 5.41) is 10.2. The highest BCUT2D eigenvalue weighted by molar-refractivity contribution is 5.81. The highest BCUT2D eigenvalue weighted by atomic mass is 16.4. The molecule has 0 radical (unpaired) electrons. The molecule has 2 aromatic rings. The minimum absolute atomic E-state index is 0.413. The second kappa shape index (κ2) is 4.61. The van der Waals surface area contributed by atoms with Gasteiger partial charge in [0.1, 0.15) is 0 Å². The lowest BCUT2D eigenvalue weighted by molar-refractivity contribution is 0.126. The third kappa shape index (κ3) is 2.18. The Bertz CT molecular complexity index is 610. The number of nitrogens with zero attached hydrogens (tertiary/aromatic N) is 2. The average Bonchev–Trinajstić information content (AvgIpc) is 2.81. The SMILES string of the molecule is Cc1ccc2c(ccn2C2CCN(C(=O)O)CC2)c1. The number of piperidine rings is 1. The molecule has 100 valence electrons. The number of rotatable bonds is 1. The zero-order chi connectivity index (χ0) is 13.4. The van der Waals surface area contributed by atoms with E-state index in [0.717, 1.165) is 12.8 Å². The number of carboxylic acid groups (broad SMARTS) is 1. The first-order valence-corrected chi connectivity index (χ1v) is 6.70. The third-order valence-corrected chi connectivity index (χ3v) is 4.00. The molecule has 4 nitrogen and oxygen atoms in total. The van der Waals surface area contributed by atoms with E-state index in [1.807, 2.05) is 0 Å². The van der Waals surface area contributed by atoms with Crippen LogP contribution in [0.25, 0.3) is 10.9 Å².